The van der Waals surface area contributed by atoms with Crippen LogP contribution in [0.15, 0.2) is 42.6 Å². The highest BCUT2D eigenvalue weighted by molar-refractivity contribution is 7.15. The molecule has 0 atom stereocenters. The standard InChI is InChI=1S/C20H15F6N3S/c21-19(22,23)14-3-1-12(2-4-14)17-6-5-15(30-17)11-29-8-7-16-13(10-29)9-27-18(28-16)20(24,25)26/h1-6,9H,7-8,10-11H2. The summed E-state index contributed by atoms with van der Waals surface area (Å²) in [6, 6.07) is 8.79. The Morgan fingerprint density at radius 3 is 2.33 bits per heavy atom. The smallest absolute Gasteiger partial charge is 0.293 e. The summed E-state index contributed by atoms with van der Waals surface area (Å²) in [4.78, 5) is 11.0. The molecule has 158 valence electrons. The first-order valence-corrected chi connectivity index (χ1v) is 9.82. The quantitative estimate of drug-likeness (QED) is 0.479. The normalized spacial score (nSPS) is 15.3. The largest absolute Gasteiger partial charge is 0.451 e. The summed E-state index contributed by atoms with van der Waals surface area (Å²) in [6.07, 6.45) is -7.29. The minimum Gasteiger partial charge on any atom is -0.293 e. The third-order valence-corrected chi connectivity index (χ3v) is 5.92. The van der Waals surface area contributed by atoms with Crippen molar-refractivity contribution >= 4 is 11.3 Å². The van der Waals surface area contributed by atoms with Crippen LogP contribution >= 0.6 is 11.3 Å². The number of fused-ring (bicyclic) bond motifs is 1. The minimum atomic E-state index is -4.56. The number of halogens is 6. The van der Waals surface area contributed by atoms with Crippen LogP contribution in [0.2, 0.25) is 0 Å². The zero-order valence-corrected chi connectivity index (χ0v) is 16.2. The van der Waals surface area contributed by atoms with Gasteiger partial charge in [0.15, 0.2) is 0 Å². The predicted octanol–water partition coefficient (Wildman–Crippen LogP) is 5.80. The van der Waals surface area contributed by atoms with E-state index in [0.717, 1.165) is 21.9 Å². The van der Waals surface area contributed by atoms with Crippen molar-refractivity contribution in [1.29, 1.82) is 0 Å². The van der Waals surface area contributed by atoms with Crippen molar-refractivity contribution in [3.05, 3.63) is 70.1 Å². The van der Waals surface area contributed by atoms with Gasteiger partial charge in [0, 0.05) is 47.6 Å². The van der Waals surface area contributed by atoms with E-state index in [2.05, 4.69) is 14.9 Å². The number of hydrogen-bond acceptors (Lipinski definition) is 4. The monoisotopic (exact) mass is 443 g/mol. The molecule has 0 spiro atoms. The summed E-state index contributed by atoms with van der Waals surface area (Å²) < 4.78 is 76.4. The second-order valence-electron chi connectivity index (χ2n) is 6.97. The van der Waals surface area contributed by atoms with Crippen molar-refractivity contribution in [2.24, 2.45) is 0 Å². The second kappa shape index (κ2) is 7.66. The van der Waals surface area contributed by atoms with Crippen molar-refractivity contribution in [2.75, 3.05) is 6.54 Å². The molecule has 0 amide bonds. The lowest BCUT2D eigenvalue weighted by Gasteiger charge is -2.27. The van der Waals surface area contributed by atoms with Crippen LogP contribution in [0, 0.1) is 0 Å². The van der Waals surface area contributed by atoms with Gasteiger partial charge in [-0.3, -0.25) is 4.90 Å². The van der Waals surface area contributed by atoms with E-state index in [4.69, 9.17) is 0 Å². The molecular formula is C20H15F6N3S. The Bertz CT molecular complexity index is 1040. The number of benzene rings is 1. The fourth-order valence-corrected chi connectivity index (χ4v) is 4.36. The van der Waals surface area contributed by atoms with Crippen molar-refractivity contribution in [2.45, 2.75) is 31.9 Å². The zero-order chi connectivity index (χ0) is 21.5. The summed E-state index contributed by atoms with van der Waals surface area (Å²) in [6.45, 7) is 1.60. The van der Waals surface area contributed by atoms with E-state index in [0.29, 0.717) is 42.9 Å². The van der Waals surface area contributed by atoms with Gasteiger partial charge in [-0.2, -0.15) is 26.3 Å². The van der Waals surface area contributed by atoms with Gasteiger partial charge < -0.3 is 0 Å². The Morgan fingerprint density at radius 1 is 0.933 bits per heavy atom. The van der Waals surface area contributed by atoms with Gasteiger partial charge in [0.25, 0.3) is 0 Å². The van der Waals surface area contributed by atoms with Crippen LogP contribution in [-0.4, -0.2) is 21.4 Å². The van der Waals surface area contributed by atoms with Crippen molar-refractivity contribution in [1.82, 2.24) is 14.9 Å². The molecule has 1 aliphatic rings. The number of nitrogens with zero attached hydrogens (tertiary/aromatic N) is 3. The molecule has 0 saturated heterocycles. The molecule has 0 bridgehead atoms. The van der Waals surface area contributed by atoms with E-state index >= 15 is 0 Å². The van der Waals surface area contributed by atoms with E-state index in [1.165, 1.54) is 29.7 Å². The third kappa shape index (κ3) is 4.49. The first-order chi connectivity index (χ1) is 14.1. The first-order valence-electron chi connectivity index (χ1n) is 9.00. The Kier molecular flexibility index (Phi) is 5.31. The summed E-state index contributed by atoms with van der Waals surface area (Å²) in [5.74, 6) is -1.12. The van der Waals surface area contributed by atoms with Crippen molar-refractivity contribution < 1.29 is 26.3 Å². The summed E-state index contributed by atoms with van der Waals surface area (Å²) in [5, 5.41) is 0. The molecule has 3 nitrogen and oxygen atoms in total. The van der Waals surface area contributed by atoms with Crippen LogP contribution < -0.4 is 0 Å². The average Bonchev–Trinajstić information content (AvgIpc) is 3.15. The lowest BCUT2D eigenvalue weighted by Crippen LogP contribution is -2.31. The number of hydrogen-bond donors (Lipinski definition) is 0. The fraction of sp³-hybridized carbons (Fsp3) is 0.300. The SMILES string of the molecule is FC(F)(F)c1ccc(-c2ccc(CN3CCc4nc(C(F)(F)F)ncc4C3)s2)cc1. The van der Waals surface area contributed by atoms with Crippen LogP contribution in [0.5, 0.6) is 0 Å². The maximum Gasteiger partial charge on any atom is 0.451 e. The van der Waals surface area contributed by atoms with Gasteiger partial charge in [0.05, 0.1) is 11.3 Å². The second-order valence-corrected chi connectivity index (χ2v) is 8.13. The van der Waals surface area contributed by atoms with Crippen LogP contribution in [0.3, 0.4) is 0 Å². The Balaban J connectivity index is 1.43. The highest BCUT2D eigenvalue weighted by atomic mass is 32.1. The molecule has 3 heterocycles. The van der Waals surface area contributed by atoms with Crippen LogP contribution in [0.1, 0.15) is 27.5 Å². The zero-order valence-electron chi connectivity index (χ0n) is 15.4. The molecule has 1 aliphatic heterocycles. The summed E-state index contributed by atoms with van der Waals surface area (Å²) >= 11 is 1.48. The van der Waals surface area contributed by atoms with Crippen LogP contribution in [0.4, 0.5) is 26.3 Å². The number of alkyl halides is 6. The molecule has 0 saturated carbocycles. The van der Waals surface area contributed by atoms with E-state index in [9.17, 15) is 26.3 Å². The number of thiophene rings is 1. The maximum absolute atomic E-state index is 12.8. The molecule has 0 N–H and O–H groups in total. The van der Waals surface area contributed by atoms with Gasteiger partial charge in [-0.25, -0.2) is 9.97 Å². The topological polar surface area (TPSA) is 29.0 Å². The van der Waals surface area contributed by atoms with Crippen LogP contribution in [0.25, 0.3) is 10.4 Å². The molecule has 2 aromatic heterocycles. The predicted molar refractivity (Wildman–Crippen MR) is 99.6 cm³/mol. The van der Waals surface area contributed by atoms with E-state index in [-0.39, 0.29) is 0 Å². The molecule has 0 unspecified atom stereocenters. The van der Waals surface area contributed by atoms with Crippen molar-refractivity contribution in [3.8, 4) is 10.4 Å². The molecule has 1 aromatic carbocycles. The molecule has 0 fully saturated rings. The molecule has 30 heavy (non-hydrogen) atoms. The van der Waals surface area contributed by atoms with E-state index in [1.54, 1.807) is 0 Å². The lowest BCUT2D eigenvalue weighted by atomic mass is 10.1. The highest BCUT2D eigenvalue weighted by Gasteiger charge is 2.35. The Labute approximate surface area is 172 Å². The van der Waals surface area contributed by atoms with Gasteiger partial charge in [-0.05, 0) is 29.8 Å². The number of aromatic nitrogens is 2. The minimum absolute atomic E-state index is 0.401. The summed E-state index contributed by atoms with van der Waals surface area (Å²) in [5.41, 5.74) is 1.11. The molecular weight excluding hydrogens is 428 g/mol. The van der Waals surface area contributed by atoms with Gasteiger partial charge >= 0.3 is 12.4 Å². The van der Waals surface area contributed by atoms with E-state index < -0.39 is 23.7 Å². The van der Waals surface area contributed by atoms with Crippen LogP contribution in [-0.2, 0) is 31.9 Å². The fourth-order valence-electron chi connectivity index (χ4n) is 3.31. The average molecular weight is 443 g/mol. The van der Waals surface area contributed by atoms with Gasteiger partial charge in [0.2, 0.25) is 5.82 Å². The highest BCUT2D eigenvalue weighted by Crippen LogP contribution is 2.34. The maximum atomic E-state index is 12.8. The number of rotatable bonds is 3. The van der Waals surface area contributed by atoms with E-state index in [1.807, 2.05) is 12.1 Å². The van der Waals surface area contributed by atoms with Crippen molar-refractivity contribution in [3.63, 3.8) is 0 Å². The molecule has 4 rings (SSSR count). The lowest BCUT2D eigenvalue weighted by molar-refractivity contribution is -0.145. The molecule has 0 radical (unpaired) electrons. The summed E-state index contributed by atoms with van der Waals surface area (Å²) in [7, 11) is 0. The van der Waals surface area contributed by atoms with Gasteiger partial charge in [0.1, 0.15) is 0 Å². The third-order valence-electron chi connectivity index (χ3n) is 4.80. The van der Waals surface area contributed by atoms with Gasteiger partial charge in [-0.1, -0.05) is 12.1 Å². The Hall–Kier alpha value is -2.46. The molecule has 3 aromatic rings. The van der Waals surface area contributed by atoms with Gasteiger partial charge in [-0.15, -0.1) is 11.3 Å². The first kappa shape index (κ1) is 20.8. The molecule has 0 aliphatic carbocycles. The Morgan fingerprint density at radius 2 is 1.67 bits per heavy atom. The molecule has 10 heteroatoms.